The Morgan fingerprint density at radius 1 is 1.20 bits per heavy atom. The highest BCUT2D eigenvalue weighted by molar-refractivity contribution is 7.86. The van der Waals surface area contributed by atoms with Gasteiger partial charge >= 0.3 is 0 Å². The lowest BCUT2D eigenvalue weighted by Gasteiger charge is -2.26. The molecule has 0 N–H and O–H groups in total. The van der Waals surface area contributed by atoms with E-state index in [0.29, 0.717) is 6.61 Å². The standard InChI is InChI=1S/C18H18N2O4S/c1-12-6-8-15(9-7-12)25(21,22)24-11-14-10-23-17-5-3-4-16-18(17)20(14)13(2)19-16/h3-9,14H,10-11H2,1-2H3. The summed E-state index contributed by atoms with van der Waals surface area (Å²) in [4.78, 5) is 4.68. The van der Waals surface area contributed by atoms with Crippen LogP contribution in [0.2, 0.25) is 0 Å². The Hall–Kier alpha value is -2.38. The number of rotatable bonds is 4. The second kappa shape index (κ2) is 5.86. The van der Waals surface area contributed by atoms with Crippen LogP contribution in [0.1, 0.15) is 17.4 Å². The van der Waals surface area contributed by atoms with Crippen LogP contribution in [-0.2, 0) is 14.3 Å². The van der Waals surface area contributed by atoms with Crippen LogP contribution in [0.15, 0.2) is 47.4 Å². The van der Waals surface area contributed by atoms with E-state index in [1.54, 1.807) is 24.3 Å². The number of benzene rings is 2. The molecule has 0 amide bonds. The first-order chi connectivity index (χ1) is 12.0. The van der Waals surface area contributed by atoms with Crippen LogP contribution < -0.4 is 4.74 Å². The maximum atomic E-state index is 12.4. The molecule has 0 saturated carbocycles. The number of hydrogen-bond acceptors (Lipinski definition) is 5. The number of nitrogens with zero attached hydrogens (tertiary/aromatic N) is 2. The predicted molar refractivity (Wildman–Crippen MR) is 93.3 cm³/mol. The first kappa shape index (κ1) is 16.1. The van der Waals surface area contributed by atoms with Gasteiger partial charge in [-0.05, 0) is 38.1 Å². The number of aryl methyl sites for hydroxylation is 2. The lowest BCUT2D eigenvalue weighted by molar-refractivity contribution is 0.173. The highest BCUT2D eigenvalue weighted by Gasteiger charge is 2.27. The molecule has 4 rings (SSSR count). The van der Waals surface area contributed by atoms with Crippen molar-refractivity contribution in [3.05, 3.63) is 53.9 Å². The van der Waals surface area contributed by atoms with Gasteiger partial charge in [0.2, 0.25) is 0 Å². The van der Waals surface area contributed by atoms with Crippen LogP contribution in [0.4, 0.5) is 0 Å². The fourth-order valence-corrected chi connectivity index (χ4v) is 4.06. The smallest absolute Gasteiger partial charge is 0.297 e. The number of hydrogen-bond donors (Lipinski definition) is 0. The summed E-state index contributed by atoms with van der Waals surface area (Å²) in [6, 6.07) is 12.1. The average Bonchev–Trinajstić information content (AvgIpc) is 2.93. The molecule has 1 unspecified atom stereocenters. The van der Waals surface area contributed by atoms with Gasteiger partial charge in [0.05, 0.1) is 23.1 Å². The van der Waals surface area contributed by atoms with Crippen molar-refractivity contribution in [3.63, 3.8) is 0 Å². The van der Waals surface area contributed by atoms with Crippen LogP contribution in [0.5, 0.6) is 5.75 Å². The van der Waals surface area contributed by atoms with E-state index in [2.05, 4.69) is 4.98 Å². The quantitative estimate of drug-likeness (QED) is 0.671. The molecule has 0 spiro atoms. The Labute approximate surface area is 146 Å². The van der Waals surface area contributed by atoms with Crippen LogP contribution in [0.3, 0.4) is 0 Å². The topological polar surface area (TPSA) is 70.4 Å². The van der Waals surface area contributed by atoms with Crippen molar-refractivity contribution in [3.8, 4) is 5.75 Å². The third-order valence-electron chi connectivity index (χ3n) is 4.37. The summed E-state index contributed by atoms with van der Waals surface area (Å²) in [5.41, 5.74) is 2.71. The Morgan fingerprint density at radius 2 is 1.96 bits per heavy atom. The summed E-state index contributed by atoms with van der Waals surface area (Å²) in [7, 11) is -3.81. The van der Waals surface area contributed by atoms with Gasteiger partial charge < -0.3 is 9.30 Å². The fourth-order valence-electron chi connectivity index (χ4n) is 3.12. The van der Waals surface area contributed by atoms with Crippen LogP contribution in [-0.4, -0.2) is 31.2 Å². The van der Waals surface area contributed by atoms with E-state index in [0.717, 1.165) is 28.2 Å². The molecule has 7 heteroatoms. The number of imidazole rings is 1. The maximum absolute atomic E-state index is 12.4. The van der Waals surface area contributed by atoms with E-state index in [-0.39, 0.29) is 17.5 Å². The molecule has 1 aliphatic heterocycles. The van der Waals surface area contributed by atoms with Gasteiger partial charge in [0.15, 0.2) is 0 Å². The van der Waals surface area contributed by atoms with E-state index >= 15 is 0 Å². The van der Waals surface area contributed by atoms with Gasteiger partial charge in [-0.25, -0.2) is 4.98 Å². The summed E-state index contributed by atoms with van der Waals surface area (Å²) in [5.74, 6) is 1.57. The minimum absolute atomic E-state index is 0.00313. The molecule has 1 aliphatic rings. The molecule has 2 aromatic carbocycles. The van der Waals surface area contributed by atoms with Crippen molar-refractivity contribution in [2.24, 2.45) is 0 Å². The maximum Gasteiger partial charge on any atom is 0.297 e. The lowest BCUT2D eigenvalue weighted by atomic mass is 10.2. The molecule has 0 aliphatic carbocycles. The second-order valence-corrected chi connectivity index (χ2v) is 7.78. The zero-order chi connectivity index (χ0) is 17.6. The number of para-hydroxylation sites is 1. The second-order valence-electron chi connectivity index (χ2n) is 6.17. The Bertz CT molecular complexity index is 1040. The van der Waals surface area contributed by atoms with Crippen molar-refractivity contribution < 1.29 is 17.3 Å². The summed E-state index contributed by atoms with van der Waals surface area (Å²) >= 11 is 0. The van der Waals surface area contributed by atoms with Gasteiger partial charge in [0.25, 0.3) is 10.1 Å². The highest BCUT2D eigenvalue weighted by Crippen LogP contribution is 2.34. The van der Waals surface area contributed by atoms with Crippen molar-refractivity contribution >= 4 is 21.2 Å². The van der Waals surface area contributed by atoms with Crippen molar-refractivity contribution in [2.45, 2.75) is 24.8 Å². The first-order valence-electron chi connectivity index (χ1n) is 8.02. The van der Waals surface area contributed by atoms with Crippen molar-refractivity contribution in [2.75, 3.05) is 13.2 Å². The molecule has 0 radical (unpaired) electrons. The fraction of sp³-hybridized carbons (Fsp3) is 0.278. The average molecular weight is 358 g/mol. The van der Waals surface area contributed by atoms with Crippen molar-refractivity contribution in [1.82, 2.24) is 9.55 Å². The van der Waals surface area contributed by atoms with Crippen molar-refractivity contribution in [1.29, 1.82) is 0 Å². The molecule has 0 bridgehead atoms. The predicted octanol–water partition coefficient (Wildman–Crippen LogP) is 2.99. The van der Waals surface area contributed by atoms with Gasteiger partial charge in [0.1, 0.15) is 23.7 Å². The summed E-state index contributed by atoms with van der Waals surface area (Å²) < 4.78 is 37.9. The molecule has 130 valence electrons. The lowest BCUT2D eigenvalue weighted by Crippen LogP contribution is -2.28. The van der Waals surface area contributed by atoms with Crippen LogP contribution in [0, 0.1) is 13.8 Å². The molecular weight excluding hydrogens is 340 g/mol. The Morgan fingerprint density at radius 3 is 2.72 bits per heavy atom. The summed E-state index contributed by atoms with van der Waals surface area (Å²) in [6.45, 7) is 4.14. The van der Waals surface area contributed by atoms with Gasteiger partial charge in [-0.3, -0.25) is 4.18 Å². The van der Waals surface area contributed by atoms with E-state index < -0.39 is 10.1 Å². The number of ether oxygens (including phenoxy) is 1. The van der Waals surface area contributed by atoms with E-state index in [1.807, 2.05) is 36.6 Å². The largest absolute Gasteiger partial charge is 0.489 e. The number of aromatic nitrogens is 2. The third kappa shape index (κ3) is 2.79. The Balaban J connectivity index is 1.61. The molecule has 0 fully saturated rings. The molecule has 3 aromatic rings. The molecule has 1 atom stereocenters. The summed E-state index contributed by atoms with van der Waals surface area (Å²) in [5, 5.41) is 0. The first-order valence-corrected chi connectivity index (χ1v) is 9.43. The molecule has 2 heterocycles. The SMILES string of the molecule is Cc1ccc(S(=O)(=O)OCC2COc3cccc4nc(C)n2c34)cc1. The molecule has 1 aromatic heterocycles. The van der Waals surface area contributed by atoms with Gasteiger partial charge in [-0.2, -0.15) is 8.42 Å². The van der Waals surface area contributed by atoms with E-state index in [1.165, 1.54) is 0 Å². The molecule has 6 nitrogen and oxygen atoms in total. The van der Waals surface area contributed by atoms with E-state index in [9.17, 15) is 8.42 Å². The molecule has 25 heavy (non-hydrogen) atoms. The van der Waals surface area contributed by atoms with Gasteiger partial charge in [-0.1, -0.05) is 23.8 Å². The van der Waals surface area contributed by atoms with Crippen LogP contribution in [0.25, 0.3) is 11.0 Å². The van der Waals surface area contributed by atoms with E-state index in [4.69, 9.17) is 8.92 Å². The van der Waals surface area contributed by atoms with Crippen LogP contribution >= 0.6 is 0 Å². The monoisotopic (exact) mass is 358 g/mol. The zero-order valence-corrected chi connectivity index (χ0v) is 14.8. The highest BCUT2D eigenvalue weighted by atomic mass is 32.2. The minimum atomic E-state index is -3.81. The molecular formula is C18H18N2O4S. The van der Waals surface area contributed by atoms with Gasteiger partial charge in [-0.15, -0.1) is 0 Å². The Kier molecular flexibility index (Phi) is 3.77. The van der Waals surface area contributed by atoms with Gasteiger partial charge in [0, 0.05) is 0 Å². The minimum Gasteiger partial charge on any atom is -0.489 e. The zero-order valence-electron chi connectivity index (χ0n) is 14.0. The third-order valence-corrected chi connectivity index (χ3v) is 5.67. The normalized spacial score (nSPS) is 16.8. The summed E-state index contributed by atoms with van der Waals surface area (Å²) in [6.07, 6.45) is 0. The molecule has 0 saturated heterocycles.